The van der Waals surface area contributed by atoms with Gasteiger partial charge in [-0.2, -0.15) is 0 Å². The molecule has 1 aliphatic heterocycles. The van der Waals surface area contributed by atoms with Gasteiger partial charge in [-0.25, -0.2) is 0 Å². The van der Waals surface area contributed by atoms with Gasteiger partial charge in [-0.3, -0.25) is 9.11 Å². The molecule has 2 rings (SSSR count). The summed E-state index contributed by atoms with van der Waals surface area (Å²) in [5.74, 6) is 2.22. The lowest BCUT2D eigenvalue weighted by Gasteiger charge is -2.25. The maximum Gasteiger partial charge on any atom is 0.488 e. The second-order valence-corrected chi connectivity index (χ2v) is 6.18. The monoisotopic (exact) mass is 283 g/mol. The minimum atomic E-state index is -1.44. The molecule has 0 bridgehead atoms. The zero-order valence-electron chi connectivity index (χ0n) is 10.7. The maximum atomic E-state index is 11.2. The van der Waals surface area contributed by atoms with E-state index in [1.165, 1.54) is 0 Å². The summed E-state index contributed by atoms with van der Waals surface area (Å²) >= 11 is 0. The van der Waals surface area contributed by atoms with Crippen LogP contribution in [0.3, 0.4) is 0 Å². The fourth-order valence-corrected chi connectivity index (χ4v) is 3.06. The van der Waals surface area contributed by atoms with Gasteiger partial charge in [0.25, 0.3) is 0 Å². The lowest BCUT2D eigenvalue weighted by molar-refractivity contribution is 0.221. The van der Waals surface area contributed by atoms with Crippen molar-refractivity contribution in [1.82, 2.24) is 4.90 Å². The van der Waals surface area contributed by atoms with Gasteiger partial charge < -0.3 is 14.8 Å². The Morgan fingerprint density at radius 3 is 2.42 bits per heavy atom. The van der Waals surface area contributed by atoms with Crippen LogP contribution in [-0.2, 0) is 10.8 Å². The molecular weight excluding hydrogens is 265 g/mol. The van der Waals surface area contributed by atoms with E-state index in [0.29, 0.717) is 17.8 Å². The van der Waals surface area contributed by atoms with Gasteiger partial charge in [0.05, 0.1) is 0 Å². The van der Waals surface area contributed by atoms with Crippen LogP contribution in [0.15, 0.2) is 24.3 Å². The van der Waals surface area contributed by atoms with Crippen LogP contribution >= 0.6 is 0 Å². The molecule has 1 saturated heterocycles. The molecule has 1 fully saturated rings. The average Bonchev–Trinajstić information content (AvgIpc) is 2.41. The van der Waals surface area contributed by atoms with Crippen molar-refractivity contribution in [3.63, 3.8) is 0 Å². The summed E-state index contributed by atoms with van der Waals surface area (Å²) in [6.07, 6.45) is 0. The highest BCUT2D eigenvalue weighted by atomic mass is 32.2. The molecular formula is C12H18BNO4S. The van der Waals surface area contributed by atoms with Gasteiger partial charge >= 0.3 is 7.12 Å². The first-order valence-corrected chi connectivity index (χ1v) is 7.80. The summed E-state index contributed by atoms with van der Waals surface area (Å²) in [6, 6.07) is 6.70. The minimum absolute atomic E-state index is 0.450. The van der Waals surface area contributed by atoms with E-state index in [1.54, 1.807) is 24.3 Å². The Hall–Kier alpha value is -0.885. The third-order valence-electron chi connectivity index (χ3n) is 3.12. The zero-order valence-corrected chi connectivity index (χ0v) is 11.5. The Bertz CT molecular complexity index is 416. The Kier molecular flexibility index (Phi) is 5.39. The first kappa shape index (κ1) is 14.5. The summed E-state index contributed by atoms with van der Waals surface area (Å²) in [5.41, 5.74) is 0.450. The molecule has 0 unspecified atom stereocenters. The number of rotatable bonds is 5. The van der Waals surface area contributed by atoms with Crippen molar-refractivity contribution in [2.24, 2.45) is 0 Å². The molecule has 1 aromatic carbocycles. The Labute approximate surface area is 115 Å². The second-order valence-electron chi connectivity index (χ2n) is 4.48. The Balaban J connectivity index is 1.72. The highest BCUT2D eigenvalue weighted by Gasteiger charge is 2.14. The summed E-state index contributed by atoms with van der Waals surface area (Å²) in [5, 5.41) is 17.9. The molecule has 1 aliphatic rings. The number of hydrogen-bond donors (Lipinski definition) is 2. The average molecular weight is 283 g/mol. The van der Waals surface area contributed by atoms with Crippen molar-refractivity contribution in [2.45, 2.75) is 0 Å². The smallest absolute Gasteiger partial charge is 0.488 e. The molecule has 5 nitrogen and oxygen atoms in total. The van der Waals surface area contributed by atoms with Crippen molar-refractivity contribution in [1.29, 1.82) is 0 Å². The molecule has 7 heteroatoms. The molecule has 104 valence electrons. The third-order valence-corrected chi connectivity index (χ3v) is 4.40. The molecule has 0 radical (unpaired) electrons. The van der Waals surface area contributed by atoms with Gasteiger partial charge in [-0.05, 0) is 17.6 Å². The lowest BCUT2D eigenvalue weighted by atomic mass is 9.80. The van der Waals surface area contributed by atoms with E-state index in [9.17, 15) is 4.21 Å². The van der Waals surface area contributed by atoms with Crippen LogP contribution in [0.4, 0.5) is 0 Å². The van der Waals surface area contributed by atoms with Crippen molar-refractivity contribution in [3.8, 4) is 5.75 Å². The van der Waals surface area contributed by atoms with E-state index in [-0.39, 0.29) is 0 Å². The van der Waals surface area contributed by atoms with Gasteiger partial charge in [-0.15, -0.1) is 0 Å². The van der Waals surface area contributed by atoms with E-state index in [0.717, 1.165) is 31.1 Å². The van der Waals surface area contributed by atoms with Gasteiger partial charge in [0.2, 0.25) is 0 Å². The molecule has 0 aliphatic carbocycles. The largest absolute Gasteiger partial charge is 0.492 e. The van der Waals surface area contributed by atoms with Gasteiger partial charge in [-0.1, -0.05) is 12.1 Å². The Morgan fingerprint density at radius 1 is 1.21 bits per heavy atom. The first-order chi connectivity index (χ1) is 9.15. The lowest BCUT2D eigenvalue weighted by Crippen LogP contribution is -2.39. The predicted molar refractivity (Wildman–Crippen MR) is 76.1 cm³/mol. The molecule has 0 atom stereocenters. The summed E-state index contributed by atoms with van der Waals surface area (Å²) < 4.78 is 16.8. The SMILES string of the molecule is O=S1CCN(CCOc2ccc(B(O)O)cc2)CC1. The van der Waals surface area contributed by atoms with Crippen LogP contribution in [0, 0.1) is 0 Å². The normalized spacial score (nSPS) is 17.4. The van der Waals surface area contributed by atoms with Crippen LogP contribution in [0.1, 0.15) is 0 Å². The zero-order chi connectivity index (χ0) is 13.7. The van der Waals surface area contributed by atoms with Crippen molar-refractivity contribution in [2.75, 3.05) is 37.7 Å². The van der Waals surface area contributed by atoms with Gasteiger partial charge in [0, 0.05) is 41.9 Å². The highest BCUT2D eigenvalue weighted by molar-refractivity contribution is 7.85. The number of ether oxygens (including phenoxy) is 1. The summed E-state index contributed by atoms with van der Waals surface area (Å²) in [6.45, 7) is 3.13. The van der Waals surface area contributed by atoms with Crippen LogP contribution in [0.5, 0.6) is 5.75 Å². The highest BCUT2D eigenvalue weighted by Crippen LogP contribution is 2.08. The van der Waals surface area contributed by atoms with Crippen LogP contribution in [0.25, 0.3) is 0 Å². The maximum absolute atomic E-state index is 11.2. The van der Waals surface area contributed by atoms with Gasteiger partial charge in [0.1, 0.15) is 12.4 Å². The quantitative estimate of drug-likeness (QED) is 0.665. The van der Waals surface area contributed by atoms with Gasteiger partial charge in [0.15, 0.2) is 0 Å². The number of hydrogen-bond acceptors (Lipinski definition) is 5. The molecule has 0 saturated carbocycles. The number of nitrogens with zero attached hydrogens (tertiary/aromatic N) is 1. The molecule has 1 heterocycles. The van der Waals surface area contributed by atoms with Crippen molar-refractivity contribution in [3.05, 3.63) is 24.3 Å². The Morgan fingerprint density at radius 2 is 1.84 bits per heavy atom. The van der Waals surface area contributed by atoms with E-state index in [1.807, 2.05) is 0 Å². The van der Waals surface area contributed by atoms with Crippen molar-refractivity contribution < 1.29 is 19.0 Å². The summed E-state index contributed by atoms with van der Waals surface area (Å²) in [4.78, 5) is 2.24. The molecule has 0 amide bonds. The van der Waals surface area contributed by atoms with E-state index in [2.05, 4.69) is 4.90 Å². The van der Waals surface area contributed by atoms with E-state index >= 15 is 0 Å². The fourth-order valence-electron chi connectivity index (χ4n) is 1.93. The predicted octanol–water partition coefficient (Wildman–Crippen LogP) is -1.19. The molecule has 2 N–H and O–H groups in total. The topological polar surface area (TPSA) is 70.0 Å². The standard InChI is InChI=1S/C12H18BNO4S/c15-13(16)11-1-3-12(4-2-11)18-8-5-14-6-9-19(17)10-7-14/h1-4,15-16H,5-10H2. The first-order valence-electron chi connectivity index (χ1n) is 6.31. The van der Waals surface area contributed by atoms with Crippen LogP contribution < -0.4 is 10.2 Å². The van der Waals surface area contributed by atoms with Crippen molar-refractivity contribution >= 4 is 23.4 Å². The fraction of sp³-hybridized carbons (Fsp3) is 0.500. The van der Waals surface area contributed by atoms with Crippen LogP contribution in [-0.4, -0.2) is 64.0 Å². The molecule has 19 heavy (non-hydrogen) atoms. The summed E-state index contributed by atoms with van der Waals surface area (Å²) in [7, 11) is -2.08. The third kappa shape index (κ3) is 4.61. The van der Waals surface area contributed by atoms with Crippen LogP contribution in [0.2, 0.25) is 0 Å². The second kappa shape index (κ2) is 7.05. The van der Waals surface area contributed by atoms with E-state index in [4.69, 9.17) is 14.8 Å². The molecule has 0 aromatic heterocycles. The van der Waals surface area contributed by atoms with E-state index < -0.39 is 17.9 Å². The number of benzene rings is 1. The minimum Gasteiger partial charge on any atom is -0.492 e. The molecule has 1 aromatic rings. The molecule has 0 spiro atoms.